The Hall–Kier alpha value is -4.18. The number of ether oxygens (including phenoxy) is 3. The summed E-state index contributed by atoms with van der Waals surface area (Å²) < 4.78 is 30.0. The summed E-state index contributed by atoms with van der Waals surface area (Å²) in [5.74, 6) is 0.586. The molecule has 156 valence electrons. The molecule has 31 heavy (non-hydrogen) atoms. The zero-order valence-corrected chi connectivity index (χ0v) is 16.6. The molecular formula is C24H19FN2O4. The maximum atomic E-state index is 13.1. The molecule has 1 aliphatic rings. The molecule has 0 bridgehead atoms. The number of nitrogens with zero attached hydrogens (tertiary/aromatic N) is 1. The summed E-state index contributed by atoms with van der Waals surface area (Å²) >= 11 is 0. The number of phenolic OH excluding ortho intramolecular Hbond substituents is 1. The quantitative estimate of drug-likeness (QED) is 0.640. The maximum Gasteiger partial charge on any atom is 0.205 e. The number of aromatic hydroxyl groups is 1. The van der Waals surface area contributed by atoms with Gasteiger partial charge in [-0.2, -0.15) is 5.26 Å². The first-order chi connectivity index (χ1) is 15.0. The van der Waals surface area contributed by atoms with Gasteiger partial charge in [-0.1, -0.05) is 24.3 Å². The molecule has 0 spiro atoms. The van der Waals surface area contributed by atoms with Gasteiger partial charge in [-0.3, -0.25) is 0 Å². The van der Waals surface area contributed by atoms with Crippen LogP contribution in [0.2, 0.25) is 0 Å². The smallest absolute Gasteiger partial charge is 0.205 e. The summed E-state index contributed by atoms with van der Waals surface area (Å²) in [4.78, 5) is 0. The van der Waals surface area contributed by atoms with Gasteiger partial charge in [0.25, 0.3) is 0 Å². The first kappa shape index (κ1) is 20.1. The van der Waals surface area contributed by atoms with Crippen LogP contribution in [0.3, 0.4) is 0 Å². The van der Waals surface area contributed by atoms with Gasteiger partial charge in [0.1, 0.15) is 35.6 Å². The monoisotopic (exact) mass is 418 g/mol. The van der Waals surface area contributed by atoms with Crippen LogP contribution in [0, 0.1) is 17.1 Å². The Labute approximate surface area is 178 Å². The molecular weight excluding hydrogens is 399 g/mol. The van der Waals surface area contributed by atoms with Crippen molar-refractivity contribution in [3.8, 4) is 29.1 Å². The van der Waals surface area contributed by atoms with Gasteiger partial charge < -0.3 is 25.1 Å². The molecule has 3 aromatic carbocycles. The van der Waals surface area contributed by atoms with Gasteiger partial charge in [0.2, 0.25) is 5.88 Å². The van der Waals surface area contributed by atoms with Crippen molar-refractivity contribution in [3.05, 3.63) is 94.6 Å². The molecule has 1 atom stereocenters. The van der Waals surface area contributed by atoms with Gasteiger partial charge in [-0.05, 0) is 41.5 Å². The maximum absolute atomic E-state index is 13.1. The number of hydrogen-bond donors (Lipinski definition) is 2. The molecule has 0 unspecified atom stereocenters. The highest BCUT2D eigenvalue weighted by Gasteiger charge is 2.31. The van der Waals surface area contributed by atoms with Gasteiger partial charge in [0.15, 0.2) is 11.5 Å². The third-order valence-electron chi connectivity index (χ3n) is 5.03. The van der Waals surface area contributed by atoms with Crippen LogP contribution >= 0.6 is 0 Å². The van der Waals surface area contributed by atoms with Crippen molar-refractivity contribution >= 4 is 0 Å². The molecule has 1 heterocycles. The molecule has 7 heteroatoms. The highest BCUT2D eigenvalue weighted by Crippen LogP contribution is 2.45. The summed E-state index contributed by atoms with van der Waals surface area (Å²) in [5.41, 5.74) is 8.50. The summed E-state index contributed by atoms with van der Waals surface area (Å²) in [6.07, 6.45) is 0. The Balaban J connectivity index is 1.68. The number of benzene rings is 3. The first-order valence-electron chi connectivity index (χ1n) is 9.46. The van der Waals surface area contributed by atoms with E-state index in [2.05, 4.69) is 6.07 Å². The fourth-order valence-corrected chi connectivity index (χ4v) is 3.51. The molecule has 1 aliphatic heterocycles. The van der Waals surface area contributed by atoms with Crippen LogP contribution in [0.1, 0.15) is 22.6 Å². The van der Waals surface area contributed by atoms with Gasteiger partial charge >= 0.3 is 0 Å². The lowest BCUT2D eigenvalue weighted by molar-refractivity contribution is 0.284. The van der Waals surface area contributed by atoms with E-state index >= 15 is 0 Å². The average molecular weight is 418 g/mol. The molecule has 0 amide bonds. The second-order valence-electron chi connectivity index (χ2n) is 6.97. The molecule has 3 aromatic rings. The second kappa shape index (κ2) is 8.28. The summed E-state index contributed by atoms with van der Waals surface area (Å²) in [7, 11) is 1.52. The number of allylic oxidation sites excluding steroid dienone is 1. The lowest BCUT2D eigenvalue weighted by Crippen LogP contribution is -2.21. The van der Waals surface area contributed by atoms with Crippen molar-refractivity contribution in [1.82, 2.24) is 0 Å². The number of nitriles is 1. The number of methoxy groups -OCH3 is 1. The third-order valence-corrected chi connectivity index (χ3v) is 5.03. The van der Waals surface area contributed by atoms with Crippen LogP contribution < -0.4 is 19.9 Å². The zero-order valence-electron chi connectivity index (χ0n) is 16.6. The van der Waals surface area contributed by atoms with Crippen molar-refractivity contribution in [1.29, 1.82) is 5.26 Å². The van der Waals surface area contributed by atoms with Crippen LogP contribution in [0.15, 0.2) is 72.1 Å². The van der Waals surface area contributed by atoms with Crippen LogP contribution in [0.4, 0.5) is 4.39 Å². The highest BCUT2D eigenvalue weighted by atomic mass is 19.1. The molecule has 3 N–H and O–H groups in total. The van der Waals surface area contributed by atoms with Crippen molar-refractivity contribution in [2.45, 2.75) is 12.5 Å². The summed E-state index contributed by atoms with van der Waals surface area (Å²) in [5, 5.41) is 19.5. The van der Waals surface area contributed by atoms with Gasteiger partial charge in [-0.15, -0.1) is 0 Å². The number of halogens is 1. The number of nitrogens with two attached hydrogens (primary N) is 1. The zero-order chi connectivity index (χ0) is 22.0. The molecule has 6 nitrogen and oxygen atoms in total. The van der Waals surface area contributed by atoms with E-state index in [1.807, 2.05) is 6.07 Å². The Morgan fingerprint density at radius 2 is 1.87 bits per heavy atom. The topological polar surface area (TPSA) is 97.7 Å². The minimum absolute atomic E-state index is 0.0128. The van der Waals surface area contributed by atoms with Crippen LogP contribution in [-0.2, 0) is 6.61 Å². The Kier molecular flexibility index (Phi) is 5.37. The molecule has 0 fully saturated rings. The van der Waals surface area contributed by atoms with E-state index in [1.165, 1.54) is 31.4 Å². The predicted octanol–water partition coefficient (Wildman–Crippen LogP) is 4.34. The number of phenols is 1. The molecule has 0 radical (unpaired) electrons. The van der Waals surface area contributed by atoms with Crippen molar-refractivity contribution < 1.29 is 23.7 Å². The lowest BCUT2D eigenvalue weighted by atomic mass is 9.83. The van der Waals surface area contributed by atoms with Crippen molar-refractivity contribution in [3.63, 3.8) is 0 Å². The van der Waals surface area contributed by atoms with Crippen LogP contribution in [0.5, 0.6) is 23.0 Å². The minimum Gasteiger partial charge on any atom is -0.508 e. The molecule has 0 aliphatic carbocycles. The fourth-order valence-electron chi connectivity index (χ4n) is 3.51. The Morgan fingerprint density at radius 3 is 2.58 bits per heavy atom. The highest BCUT2D eigenvalue weighted by molar-refractivity contribution is 5.58. The predicted molar refractivity (Wildman–Crippen MR) is 111 cm³/mol. The SMILES string of the molecule is COc1cc([C@@H]2C(C#N)=C(N)Oc3cc(O)ccc32)ccc1OCc1ccc(F)cc1. The normalized spacial score (nSPS) is 14.9. The lowest BCUT2D eigenvalue weighted by Gasteiger charge is -2.27. The summed E-state index contributed by atoms with van der Waals surface area (Å²) in [6.45, 7) is 0.242. The molecule has 0 saturated carbocycles. The number of fused-ring (bicyclic) bond motifs is 1. The van der Waals surface area contributed by atoms with Crippen LogP contribution in [-0.4, -0.2) is 12.2 Å². The van der Waals surface area contributed by atoms with E-state index in [1.54, 1.807) is 30.3 Å². The Bertz CT molecular complexity index is 1200. The third kappa shape index (κ3) is 3.96. The average Bonchev–Trinajstić information content (AvgIpc) is 2.77. The number of rotatable bonds is 5. The van der Waals surface area contributed by atoms with Gasteiger partial charge in [0.05, 0.1) is 13.0 Å². The van der Waals surface area contributed by atoms with E-state index in [0.29, 0.717) is 22.8 Å². The van der Waals surface area contributed by atoms with Gasteiger partial charge in [0, 0.05) is 11.6 Å². The largest absolute Gasteiger partial charge is 0.508 e. The van der Waals surface area contributed by atoms with E-state index in [-0.39, 0.29) is 29.6 Å². The molecule has 0 saturated heterocycles. The van der Waals surface area contributed by atoms with Gasteiger partial charge in [-0.25, -0.2) is 4.39 Å². The van der Waals surface area contributed by atoms with E-state index in [0.717, 1.165) is 11.1 Å². The second-order valence-corrected chi connectivity index (χ2v) is 6.97. The Morgan fingerprint density at radius 1 is 1.10 bits per heavy atom. The summed E-state index contributed by atoms with van der Waals surface area (Å²) in [6, 6.07) is 18.2. The number of hydrogen-bond acceptors (Lipinski definition) is 6. The first-order valence-corrected chi connectivity index (χ1v) is 9.46. The van der Waals surface area contributed by atoms with Crippen molar-refractivity contribution in [2.75, 3.05) is 7.11 Å². The van der Waals surface area contributed by atoms with E-state index in [4.69, 9.17) is 19.9 Å². The standard InChI is InChI=1S/C24H19FN2O4/c1-29-22-10-15(4-9-20(22)30-13-14-2-5-16(25)6-3-14)23-18-8-7-17(28)11-21(18)31-24(27)19(23)12-26/h2-11,23,28H,13,27H2,1H3/t23-/m0/s1. The minimum atomic E-state index is -0.491. The van der Waals surface area contributed by atoms with Crippen molar-refractivity contribution in [2.24, 2.45) is 5.73 Å². The molecule has 4 rings (SSSR count). The molecule has 0 aromatic heterocycles. The fraction of sp³-hybridized carbons (Fsp3) is 0.125. The van der Waals surface area contributed by atoms with Crippen LogP contribution in [0.25, 0.3) is 0 Å². The van der Waals surface area contributed by atoms with E-state index < -0.39 is 5.92 Å². The van der Waals surface area contributed by atoms with E-state index in [9.17, 15) is 14.8 Å².